The summed E-state index contributed by atoms with van der Waals surface area (Å²) < 4.78 is 28.9. The minimum atomic E-state index is -0.523. The van der Waals surface area contributed by atoms with Crippen LogP contribution in [0.3, 0.4) is 0 Å². The Kier molecular flexibility index (Phi) is 4.87. The third-order valence-electron chi connectivity index (χ3n) is 2.88. The van der Waals surface area contributed by atoms with Crippen molar-refractivity contribution in [3.8, 4) is 0 Å². The van der Waals surface area contributed by atoms with Crippen LogP contribution in [0, 0.1) is 15.2 Å². The normalized spacial score (nSPS) is 12.4. The van der Waals surface area contributed by atoms with E-state index in [1.165, 1.54) is 18.2 Å². The first-order valence-electron chi connectivity index (χ1n) is 6.06. The molecule has 0 radical (unpaired) electrons. The molecule has 19 heavy (non-hydrogen) atoms. The second-order valence-electron chi connectivity index (χ2n) is 4.18. The molecule has 100 valence electrons. The summed E-state index contributed by atoms with van der Waals surface area (Å²) in [4.78, 5) is 0. The average Bonchev–Trinajstić information content (AvgIpc) is 2.37. The Bertz CT molecular complexity index is 552. The van der Waals surface area contributed by atoms with Gasteiger partial charge in [-0.25, -0.2) is 8.78 Å². The lowest BCUT2D eigenvalue weighted by Gasteiger charge is -2.20. The van der Waals surface area contributed by atoms with Crippen LogP contribution in [0.4, 0.5) is 8.78 Å². The Hall–Kier alpha value is -1.01. The van der Waals surface area contributed by atoms with Crippen LogP contribution < -0.4 is 5.32 Å². The van der Waals surface area contributed by atoms with E-state index in [0.717, 1.165) is 9.13 Å². The van der Waals surface area contributed by atoms with Crippen LogP contribution in [0.5, 0.6) is 0 Å². The van der Waals surface area contributed by atoms with E-state index < -0.39 is 17.7 Å². The quantitative estimate of drug-likeness (QED) is 0.790. The van der Waals surface area contributed by atoms with E-state index >= 15 is 0 Å². The molecule has 0 saturated carbocycles. The highest BCUT2D eigenvalue weighted by atomic mass is 127. The predicted molar refractivity (Wildman–Crippen MR) is 81.0 cm³/mol. The van der Waals surface area contributed by atoms with Gasteiger partial charge in [-0.3, -0.25) is 0 Å². The molecule has 0 aliphatic heterocycles. The SMILES string of the molecule is CCNC(c1cccc(I)c1)c1c(F)cccc1F. The topological polar surface area (TPSA) is 12.0 Å². The molecule has 2 rings (SSSR count). The molecule has 0 fully saturated rings. The van der Waals surface area contributed by atoms with Gasteiger partial charge in [-0.15, -0.1) is 0 Å². The Morgan fingerprint density at radius 3 is 2.32 bits per heavy atom. The van der Waals surface area contributed by atoms with Crippen LogP contribution in [0.2, 0.25) is 0 Å². The zero-order valence-corrected chi connectivity index (χ0v) is 12.6. The van der Waals surface area contributed by atoms with Gasteiger partial charge in [0.2, 0.25) is 0 Å². The smallest absolute Gasteiger partial charge is 0.131 e. The molecule has 2 aromatic carbocycles. The van der Waals surface area contributed by atoms with Crippen molar-refractivity contribution in [2.45, 2.75) is 13.0 Å². The minimum absolute atomic E-state index is 0.0753. The molecule has 0 aliphatic carbocycles. The van der Waals surface area contributed by atoms with Crippen molar-refractivity contribution in [1.29, 1.82) is 0 Å². The second kappa shape index (κ2) is 6.43. The Labute approximate surface area is 125 Å². The summed E-state index contributed by atoms with van der Waals surface area (Å²) in [5.41, 5.74) is 0.934. The van der Waals surface area contributed by atoms with E-state index in [-0.39, 0.29) is 5.56 Å². The van der Waals surface area contributed by atoms with Gasteiger partial charge < -0.3 is 5.32 Å². The van der Waals surface area contributed by atoms with Gasteiger partial charge in [-0.05, 0) is 59.0 Å². The van der Waals surface area contributed by atoms with E-state index in [9.17, 15) is 8.78 Å². The standard InChI is InChI=1S/C15H14F2IN/c1-2-19-15(10-5-3-6-11(18)9-10)14-12(16)7-4-8-13(14)17/h3-9,15,19H,2H2,1H3. The van der Waals surface area contributed by atoms with Gasteiger partial charge in [0.1, 0.15) is 11.6 Å². The Morgan fingerprint density at radius 2 is 1.74 bits per heavy atom. The van der Waals surface area contributed by atoms with Crippen LogP contribution in [0.15, 0.2) is 42.5 Å². The molecule has 0 heterocycles. The fourth-order valence-corrected chi connectivity index (χ4v) is 2.63. The van der Waals surface area contributed by atoms with Gasteiger partial charge in [-0.2, -0.15) is 0 Å². The fraction of sp³-hybridized carbons (Fsp3) is 0.200. The molecule has 1 atom stereocenters. The lowest BCUT2D eigenvalue weighted by atomic mass is 9.97. The van der Waals surface area contributed by atoms with Gasteiger partial charge in [0.05, 0.1) is 6.04 Å². The fourth-order valence-electron chi connectivity index (χ4n) is 2.06. The van der Waals surface area contributed by atoms with Gasteiger partial charge in [-0.1, -0.05) is 25.1 Å². The number of hydrogen-bond acceptors (Lipinski definition) is 1. The molecular weight excluding hydrogens is 359 g/mol. The number of rotatable bonds is 4. The molecule has 1 N–H and O–H groups in total. The number of nitrogens with one attached hydrogen (secondary N) is 1. The lowest BCUT2D eigenvalue weighted by Crippen LogP contribution is -2.24. The third kappa shape index (κ3) is 3.30. The van der Waals surface area contributed by atoms with Crippen molar-refractivity contribution in [1.82, 2.24) is 5.32 Å². The number of hydrogen-bond donors (Lipinski definition) is 1. The molecule has 0 saturated heterocycles. The zero-order valence-electron chi connectivity index (χ0n) is 10.5. The Balaban J connectivity index is 2.51. The number of benzene rings is 2. The Morgan fingerprint density at radius 1 is 1.11 bits per heavy atom. The molecule has 0 bridgehead atoms. The molecule has 4 heteroatoms. The summed E-state index contributed by atoms with van der Waals surface area (Å²) in [5.74, 6) is -1.05. The minimum Gasteiger partial charge on any atom is -0.306 e. The first kappa shape index (κ1) is 14.4. The van der Waals surface area contributed by atoms with Crippen LogP contribution >= 0.6 is 22.6 Å². The van der Waals surface area contributed by atoms with E-state index in [0.29, 0.717) is 6.54 Å². The summed E-state index contributed by atoms with van der Waals surface area (Å²) in [7, 11) is 0. The summed E-state index contributed by atoms with van der Waals surface area (Å²) >= 11 is 2.19. The predicted octanol–water partition coefficient (Wildman–Crippen LogP) is 4.27. The number of halogens is 3. The summed E-state index contributed by atoms with van der Waals surface area (Å²) in [6.07, 6.45) is 0. The highest BCUT2D eigenvalue weighted by Gasteiger charge is 2.21. The molecule has 1 unspecified atom stereocenters. The maximum atomic E-state index is 13.9. The van der Waals surface area contributed by atoms with E-state index in [1.54, 1.807) is 0 Å². The van der Waals surface area contributed by atoms with Crippen molar-refractivity contribution in [2.24, 2.45) is 0 Å². The van der Waals surface area contributed by atoms with Crippen LogP contribution in [0.1, 0.15) is 24.1 Å². The maximum Gasteiger partial charge on any atom is 0.131 e. The molecular formula is C15H14F2IN. The van der Waals surface area contributed by atoms with E-state index in [4.69, 9.17) is 0 Å². The van der Waals surface area contributed by atoms with Crippen LogP contribution in [-0.2, 0) is 0 Å². The van der Waals surface area contributed by atoms with Crippen molar-refractivity contribution < 1.29 is 8.78 Å². The largest absolute Gasteiger partial charge is 0.306 e. The van der Waals surface area contributed by atoms with Gasteiger partial charge >= 0.3 is 0 Å². The zero-order chi connectivity index (χ0) is 13.8. The van der Waals surface area contributed by atoms with Crippen molar-refractivity contribution >= 4 is 22.6 Å². The lowest BCUT2D eigenvalue weighted by molar-refractivity contribution is 0.510. The van der Waals surface area contributed by atoms with Crippen molar-refractivity contribution in [3.63, 3.8) is 0 Å². The molecule has 1 nitrogen and oxygen atoms in total. The van der Waals surface area contributed by atoms with E-state index in [1.807, 2.05) is 31.2 Å². The monoisotopic (exact) mass is 373 g/mol. The third-order valence-corrected chi connectivity index (χ3v) is 3.55. The summed E-state index contributed by atoms with van der Waals surface area (Å²) in [6, 6.07) is 11.1. The van der Waals surface area contributed by atoms with Crippen molar-refractivity contribution in [2.75, 3.05) is 6.54 Å². The highest BCUT2D eigenvalue weighted by molar-refractivity contribution is 14.1. The van der Waals surface area contributed by atoms with Crippen molar-refractivity contribution in [3.05, 3.63) is 68.8 Å². The van der Waals surface area contributed by atoms with Gasteiger partial charge in [0.25, 0.3) is 0 Å². The summed E-state index contributed by atoms with van der Waals surface area (Å²) in [5, 5.41) is 3.14. The first-order valence-corrected chi connectivity index (χ1v) is 7.14. The molecule has 0 aromatic heterocycles. The molecule has 0 aliphatic rings. The first-order chi connectivity index (χ1) is 9.13. The maximum absolute atomic E-state index is 13.9. The molecule has 0 spiro atoms. The summed E-state index contributed by atoms with van der Waals surface area (Å²) in [6.45, 7) is 2.55. The van der Waals surface area contributed by atoms with Gasteiger partial charge in [0, 0.05) is 9.13 Å². The molecule has 2 aromatic rings. The average molecular weight is 373 g/mol. The van der Waals surface area contributed by atoms with Crippen LogP contribution in [-0.4, -0.2) is 6.54 Å². The molecule has 0 amide bonds. The highest BCUT2D eigenvalue weighted by Crippen LogP contribution is 2.27. The van der Waals surface area contributed by atoms with E-state index in [2.05, 4.69) is 27.9 Å². The van der Waals surface area contributed by atoms with Crippen LogP contribution in [0.25, 0.3) is 0 Å². The second-order valence-corrected chi connectivity index (χ2v) is 5.43. The van der Waals surface area contributed by atoms with Gasteiger partial charge in [0.15, 0.2) is 0 Å².